The normalized spacial score (nSPS) is 20.2. The molecular weight excluding hydrogens is 568 g/mol. The van der Waals surface area contributed by atoms with Crippen molar-refractivity contribution in [3.63, 3.8) is 0 Å². The zero-order valence-corrected chi connectivity index (χ0v) is 25.7. The quantitative estimate of drug-likeness (QED) is 0.330. The summed E-state index contributed by atoms with van der Waals surface area (Å²) >= 11 is 0. The van der Waals surface area contributed by atoms with Crippen molar-refractivity contribution in [2.24, 2.45) is 20.0 Å². The molecule has 5 heterocycles. The second-order valence-electron chi connectivity index (χ2n) is 12.7. The zero-order valence-electron chi connectivity index (χ0n) is 25.7. The minimum absolute atomic E-state index is 0.0259. The number of aryl methyl sites for hydroxylation is 2. The average molecular weight is 607 g/mol. The fraction of sp³-hybridized carbons (Fsp3) is 0.371. The van der Waals surface area contributed by atoms with Gasteiger partial charge in [-0.15, -0.1) is 0 Å². The van der Waals surface area contributed by atoms with Crippen LogP contribution in [0.2, 0.25) is 0 Å². The number of carbonyl (C=O) groups is 2. The molecule has 2 fully saturated rings. The number of hydrogen-bond acceptors (Lipinski definition) is 5. The summed E-state index contributed by atoms with van der Waals surface area (Å²) < 4.78 is 5.23. The van der Waals surface area contributed by atoms with E-state index in [1.54, 1.807) is 16.8 Å². The van der Waals surface area contributed by atoms with Crippen molar-refractivity contribution in [3.05, 3.63) is 101 Å². The first-order chi connectivity index (χ1) is 21.7. The van der Waals surface area contributed by atoms with Crippen LogP contribution in [-0.4, -0.2) is 77.2 Å². The molecule has 10 heteroatoms. The molecule has 10 nitrogen and oxygen atoms in total. The Bertz CT molecular complexity index is 1950. The lowest BCUT2D eigenvalue weighted by atomic mass is 9.79. The number of fused-ring (bicyclic) bond motifs is 2. The number of hydrogen-bond donors (Lipinski definition) is 1. The van der Waals surface area contributed by atoms with E-state index < -0.39 is 5.60 Å². The zero-order chi connectivity index (χ0) is 31.3. The van der Waals surface area contributed by atoms with Crippen LogP contribution >= 0.6 is 0 Å². The highest BCUT2D eigenvalue weighted by Gasteiger charge is 2.42. The summed E-state index contributed by atoms with van der Waals surface area (Å²) in [4.78, 5) is 49.1. The van der Waals surface area contributed by atoms with Crippen molar-refractivity contribution in [2.45, 2.75) is 37.3 Å². The van der Waals surface area contributed by atoms with E-state index in [0.717, 1.165) is 16.5 Å². The van der Waals surface area contributed by atoms with Gasteiger partial charge >= 0.3 is 0 Å². The van der Waals surface area contributed by atoms with Crippen LogP contribution in [0.4, 0.5) is 0 Å². The molecule has 2 aliphatic heterocycles. The number of benzene rings is 2. The molecule has 2 saturated heterocycles. The van der Waals surface area contributed by atoms with E-state index >= 15 is 0 Å². The SMILES string of the molecule is Cn1ccc2c(=O)n(CC3(O)CCN(C(=O)[C@@H]4CCN(C(=O)c5cc6ccccc6n5C)C[C@H]4c4ccccc4)CC3)cnc21. The molecular formula is C35H38N6O4. The summed E-state index contributed by atoms with van der Waals surface area (Å²) in [6.07, 6.45) is 4.60. The Labute approximate surface area is 261 Å². The molecule has 2 aromatic carbocycles. The molecule has 5 aromatic rings. The Kier molecular flexibility index (Phi) is 7.32. The maximum absolute atomic E-state index is 14.1. The predicted octanol–water partition coefficient (Wildman–Crippen LogP) is 3.53. The van der Waals surface area contributed by atoms with Crippen LogP contribution in [0.1, 0.15) is 41.2 Å². The summed E-state index contributed by atoms with van der Waals surface area (Å²) in [6.45, 7) is 1.89. The van der Waals surface area contributed by atoms with Gasteiger partial charge in [-0.2, -0.15) is 0 Å². The molecule has 0 bridgehead atoms. The van der Waals surface area contributed by atoms with Gasteiger partial charge in [-0.05, 0) is 43.0 Å². The van der Waals surface area contributed by atoms with Gasteiger partial charge < -0.3 is 24.0 Å². The van der Waals surface area contributed by atoms with Crippen LogP contribution in [0.25, 0.3) is 21.9 Å². The van der Waals surface area contributed by atoms with Gasteiger partial charge in [0.25, 0.3) is 11.5 Å². The van der Waals surface area contributed by atoms with E-state index in [0.29, 0.717) is 62.2 Å². The van der Waals surface area contributed by atoms with E-state index in [4.69, 9.17) is 0 Å². The lowest BCUT2D eigenvalue weighted by Gasteiger charge is -2.43. The van der Waals surface area contributed by atoms with Crippen molar-refractivity contribution >= 4 is 33.8 Å². The van der Waals surface area contributed by atoms with E-state index in [1.165, 1.54) is 10.9 Å². The number of para-hydroxylation sites is 1. The van der Waals surface area contributed by atoms with Crippen molar-refractivity contribution in [1.29, 1.82) is 0 Å². The van der Waals surface area contributed by atoms with Crippen LogP contribution in [-0.2, 0) is 25.4 Å². The van der Waals surface area contributed by atoms with Gasteiger partial charge in [-0.3, -0.25) is 19.0 Å². The summed E-state index contributed by atoms with van der Waals surface area (Å²) in [6, 6.07) is 21.7. The fourth-order valence-corrected chi connectivity index (χ4v) is 7.27. The van der Waals surface area contributed by atoms with Crippen molar-refractivity contribution in [3.8, 4) is 0 Å². The maximum atomic E-state index is 14.1. The summed E-state index contributed by atoms with van der Waals surface area (Å²) in [7, 11) is 3.76. The molecule has 0 saturated carbocycles. The molecule has 2 aliphatic rings. The lowest BCUT2D eigenvalue weighted by Crippen LogP contribution is -2.53. The number of likely N-dealkylation sites (tertiary alicyclic amines) is 2. The number of aromatic nitrogens is 4. The monoisotopic (exact) mass is 606 g/mol. The maximum Gasteiger partial charge on any atom is 0.270 e. The second kappa shape index (κ2) is 11.3. The van der Waals surface area contributed by atoms with Crippen molar-refractivity contribution in [1.82, 2.24) is 28.5 Å². The Morgan fingerprint density at radius 1 is 0.956 bits per heavy atom. The molecule has 232 valence electrons. The molecule has 0 radical (unpaired) electrons. The van der Waals surface area contributed by atoms with E-state index in [9.17, 15) is 19.5 Å². The van der Waals surface area contributed by atoms with Crippen molar-refractivity contribution < 1.29 is 14.7 Å². The van der Waals surface area contributed by atoms with Gasteiger partial charge in [0.05, 0.1) is 17.5 Å². The summed E-state index contributed by atoms with van der Waals surface area (Å²) in [5.74, 6) is -0.384. The number of rotatable bonds is 5. The van der Waals surface area contributed by atoms with Crippen LogP contribution in [0, 0.1) is 5.92 Å². The molecule has 1 N–H and O–H groups in total. The average Bonchev–Trinajstić information content (AvgIpc) is 3.61. The van der Waals surface area contributed by atoms with Crippen LogP contribution in [0.15, 0.2) is 84.0 Å². The predicted molar refractivity (Wildman–Crippen MR) is 172 cm³/mol. The van der Waals surface area contributed by atoms with E-state index in [1.807, 2.05) is 89.1 Å². The van der Waals surface area contributed by atoms with Gasteiger partial charge in [-0.1, -0.05) is 48.5 Å². The Balaban J connectivity index is 1.06. The third kappa shape index (κ3) is 5.22. The minimum Gasteiger partial charge on any atom is -0.388 e. The molecule has 0 unspecified atom stereocenters. The highest BCUT2D eigenvalue weighted by Crippen LogP contribution is 2.36. The van der Waals surface area contributed by atoms with Crippen LogP contribution < -0.4 is 5.56 Å². The fourth-order valence-electron chi connectivity index (χ4n) is 7.27. The molecule has 0 spiro atoms. The first kappa shape index (κ1) is 29.0. The number of carbonyl (C=O) groups excluding carboxylic acids is 2. The molecule has 3 aromatic heterocycles. The lowest BCUT2D eigenvalue weighted by molar-refractivity contribution is -0.142. The summed E-state index contributed by atoms with van der Waals surface area (Å²) in [5, 5.41) is 13.0. The van der Waals surface area contributed by atoms with Gasteiger partial charge in [0, 0.05) is 69.2 Å². The second-order valence-corrected chi connectivity index (χ2v) is 12.7. The molecule has 45 heavy (non-hydrogen) atoms. The Morgan fingerprint density at radius 2 is 1.69 bits per heavy atom. The smallest absolute Gasteiger partial charge is 0.270 e. The topological polar surface area (TPSA) is 106 Å². The third-order valence-corrected chi connectivity index (χ3v) is 9.94. The molecule has 2 amide bonds. The number of piperidine rings is 2. The van der Waals surface area contributed by atoms with E-state index in [-0.39, 0.29) is 35.8 Å². The third-order valence-electron chi connectivity index (χ3n) is 9.94. The first-order valence-electron chi connectivity index (χ1n) is 15.6. The van der Waals surface area contributed by atoms with Gasteiger partial charge in [0.15, 0.2) is 0 Å². The van der Waals surface area contributed by atoms with Crippen LogP contribution in [0.5, 0.6) is 0 Å². The first-order valence-corrected chi connectivity index (χ1v) is 15.6. The number of aliphatic hydroxyl groups is 1. The van der Waals surface area contributed by atoms with Crippen molar-refractivity contribution in [2.75, 3.05) is 26.2 Å². The Morgan fingerprint density at radius 3 is 2.44 bits per heavy atom. The van der Waals surface area contributed by atoms with Gasteiger partial charge in [-0.25, -0.2) is 4.98 Å². The minimum atomic E-state index is -1.11. The van der Waals surface area contributed by atoms with Gasteiger partial charge in [0.2, 0.25) is 5.91 Å². The Hall–Kier alpha value is -4.70. The molecule has 0 aliphatic carbocycles. The highest BCUT2D eigenvalue weighted by atomic mass is 16.3. The number of nitrogens with zero attached hydrogens (tertiary/aromatic N) is 6. The van der Waals surface area contributed by atoms with Crippen LogP contribution in [0.3, 0.4) is 0 Å². The summed E-state index contributed by atoms with van der Waals surface area (Å²) in [5.41, 5.74) is 2.02. The molecule has 7 rings (SSSR count). The number of amides is 2. The van der Waals surface area contributed by atoms with E-state index in [2.05, 4.69) is 4.98 Å². The standard InChI is InChI=1S/C35H38N6O4/c1-37-16-12-27-31(37)36-23-41(33(27)43)22-35(45)14-18-39(19-15-35)32(42)26-13-17-40(21-28(26)24-8-4-3-5-9-24)34(44)30-20-25-10-6-7-11-29(25)38(30)2/h3-12,16,20,23,26,28,45H,13-15,17-19,21-22H2,1-2H3/t26-,28+/m1/s1. The molecule has 2 atom stereocenters. The van der Waals surface area contributed by atoms with Gasteiger partial charge in [0.1, 0.15) is 17.7 Å². The highest BCUT2D eigenvalue weighted by molar-refractivity contribution is 5.99. The largest absolute Gasteiger partial charge is 0.388 e.